The number of carboxylic acid groups (broad SMARTS) is 1. The maximum atomic E-state index is 12.3. The number of carbonyl (C=O) groups excluding carboxylic acids is 1. The highest BCUT2D eigenvalue weighted by Gasteiger charge is 2.16. The molecule has 0 bridgehead atoms. The van der Waals surface area contributed by atoms with Gasteiger partial charge in [0.15, 0.2) is 0 Å². The van der Waals surface area contributed by atoms with Gasteiger partial charge in [-0.25, -0.2) is 0 Å². The molecule has 1 amide bonds. The zero-order valence-corrected chi connectivity index (χ0v) is 11.8. The lowest BCUT2D eigenvalue weighted by atomic mass is 10.2. The van der Waals surface area contributed by atoms with Crippen LogP contribution in [0.15, 0.2) is 42.9 Å². The highest BCUT2D eigenvalue weighted by Crippen LogP contribution is 2.07. The molecule has 0 aliphatic rings. The molecule has 6 heteroatoms. The third-order valence-corrected chi connectivity index (χ3v) is 3.19. The molecule has 0 unspecified atom stereocenters. The molecule has 0 spiro atoms. The third kappa shape index (κ3) is 3.92. The summed E-state index contributed by atoms with van der Waals surface area (Å²) in [6.45, 7) is 0.341. The van der Waals surface area contributed by atoms with Gasteiger partial charge in [0.25, 0.3) is 5.91 Å². The Hall–Kier alpha value is -2.63. The predicted octanol–water partition coefficient (Wildman–Crippen LogP) is 1.28. The first-order valence-electron chi connectivity index (χ1n) is 6.59. The van der Waals surface area contributed by atoms with Crippen LogP contribution in [0, 0.1) is 0 Å². The van der Waals surface area contributed by atoms with Crippen LogP contribution in [0.25, 0.3) is 0 Å². The molecular formula is C15H17N3O3. The van der Waals surface area contributed by atoms with E-state index in [1.807, 2.05) is 12.1 Å². The van der Waals surface area contributed by atoms with Crippen LogP contribution in [0.3, 0.4) is 0 Å². The normalized spacial score (nSPS) is 10.3. The molecule has 0 saturated heterocycles. The Morgan fingerprint density at radius 3 is 2.67 bits per heavy atom. The second-order valence-electron chi connectivity index (χ2n) is 4.75. The summed E-state index contributed by atoms with van der Waals surface area (Å²) >= 11 is 0. The number of likely N-dealkylation sites (N-methyl/N-ethyl adjacent to an activating group) is 1. The zero-order valence-electron chi connectivity index (χ0n) is 11.8. The molecule has 110 valence electrons. The monoisotopic (exact) mass is 287 g/mol. The fourth-order valence-electron chi connectivity index (χ4n) is 2.04. The molecule has 2 aromatic heterocycles. The molecular weight excluding hydrogens is 270 g/mol. The van der Waals surface area contributed by atoms with Crippen molar-refractivity contribution >= 4 is 11.9 Å². The first-order valence-corrected chi connectivity index (χ1v) is 6.59. The molecule has 2 heterocycles. The van der Waals surface area contributed by atoms with Crippen molar-refractivity contribution in [2.45, 2.75) is 13.0 Å². The molecule has 0 aromatic carbocycles. The molecule has 0 saturated carbocycles. The molecule has 0 aliphatic carbocycles. The first-order chi connectivity index (χ1) is 10.1. The van der Waals surface area contributed by atoms with Gasteiger partial charge < -0.3 is 14.6 Å². The Kier molecular flexibility index (Phi) is 4.71. The van der Waals surface area contributed by atoms with Gasteiger partial charge in [-0.05, 0) is 36.2 Å². The van der Waals surface area contributed by atoms with Gasteiger partial charge in [0.05, 0.1) is 0 Å². The summed E-state index contributed by atoms with van der Waals surface area (Å²) in [7, 11) is 1.71. The molecule has 2 aromatic rings. The summed E-state index contributed by atoms with van der Waals surface area (Å²) in [6.07, 6.45) is 5.76. The van der Waals surface area contributed by atoms with Crippen molar-refractivity contribution in [2.24, 2.45) is 0 Å². The third-order valence-electron chi connectivity index (χ3n) is 3.19. The number of hydrogen-bond acceptors (Lipinski definition) is 3. The molecule has 21 heavy (non-hydrogen) atoms. The lowest BCUT2D eigenvalue weighted by Crippen LogP contribution is -2.31. The van der Waals surface area contributed by atoms with Gasteiger partial charge in [-0.3, -0.25) is 14.6 Å². The van der Waals surface area contributed by atoms with Gasteiger partial charge in [-0.1, -0.05) is 0 Å². The first kappa shape index (κ1) is 14.8. The van der Waals surface area contributed by atoms with Crippen molar-refractivity contribution in [3.05, 3.63) is 54.1 Å². The van der Waals surface area contributed by atoms with Crippen LogP contribution >= 0.6 is 0 Å². The maximum Gasteiger partial charge on any atom is 0.323 e. The highest BCUT2D eigenvalue weighted by atomic mass is 16.4. The van der Waals surface area contributed by atoms with Crippen molar-refractivity contribution in [1.29, 1.82) is 0 Å². The summed E-state index contributed by atoms with van der Waals surface area (Å²) in [5.41, 5.74) is 1.49. The van der Waals surface area contributed by atoms with E-state index in [4.69, 9.17) is 5.11 Å². The molecule has 0 atom stereocenters. The molecule has 0 radical (unpaired) electrons. The maximum absolute atomic E-state index is 12.3. The molecule has 0 fully saturated rings. The van der Waals surface area contributed by atoms with Crippen molar-refractivity contribution in [3.63, 3.8) is 0 Å². The van der Waals surface area contributed by atoms with Crippen LogP contribution in [0.4, 0.5) is 0 Å². The van der Waals surface area contributed by atoms with Crippen LogP contribution < -0.4 is 0 Å². The van der Waals surface area contributed by atoms with E-state index in [2.05, 4.69) is 4.98 Å². The lowest BCUT2D eigenvalue weighted by molar-refractivity contribution is -0.137. The van der Waals surface area contributed by atoms with Crippen molar-refractivity contribution in [3.8, 4) is 0 Å². The van der Waals surface area contributed by atoms with E-state index in [0.717, 1.165) is 12.0 Å². The smallest absolute Gasteiger partial charge is 0.323 e. The van der Waals surface area contributed by atoms with Crippen LogP contribution in [0.2, 0.25) is 0 Å². The number of carbonyl (C=O) groups is 2. The molecule has 2 rings (SSSR count). The van der Waals surface area contributed by atoms with Crippen molar-refractivity contribution < 1.29 is 14.7 Å². The van der Waals surface area contributed by atoms with Crippen molar-refractivity contribution in [2.75, 3.05) is 13.6 Å². The van der Waals surface area contributed by atoms with Gasteiger partial charge in [0.2, 0.25) is 0 Å². The summed E-state index contributed by atoms with van der Waals surface area (Å²) in [4.78, 5) is 28.6. The van der Waals surface area contributed by atoms with E-state index in [0.29, 0.717) is 12.2 Å². The van der Waals surface area contributed by atoms with Gasteiger partial charge >= 0.3 is 5.97 Å². The van der Waals surface area contributed by atoms with Crippen LogP contribution in [0.5, 0.6) is 0 Å². The minimum Gasteiger partial charge on any atom is -0.480 e. The Balaban J connectivity index is 1.99. The van der Waals surface area contributed by atoms with E-state index in [-0.39, 0.29) is 12.5 Å². The van der Waals surface area contributed by atoms with E-state index < -0.39 is 5.97 Å². The number of aromatic nitrogens is 2. The van der Waals surface area contributed by atoms with Crippen molar-refractivity contribution in [1.82, 2.24) is 14.5 Å². The van der Waals surface area contributed by atoms with E-state index in [1.54, 1.807) is 42.7 Å². The van der Waals surface area contributed by atoms with Crippen LogP contribution in [-0.2, 0) is 17.8 Å². The second kappa shape index (κ2) is 6.69. The molecule has 6 nitrogen and oxygen atoms in total. The number of aliphatic carboxylic acids is 1. The largest absolute Gasteiger partial charge is 0.480 e. The zero-order chi connectivity index (χ0) is 15.2. The average molecular weight is 287 g/mol. The second-order valence-corrected chi connectivity index (χ2v) is 4.75. The Labute approximate surface area is 122 Å². The summed E-state index contributed by atoms with van der Waals surface area (Å²) in [6, 6.07) is 7.12. The number of hydrogen-bond donors (Lipinski definition) is 1. The fraction of sp³-hybridized carbons (Fsp3) is 0.267. The lowest BCUT2D eigenvalue weighted by Gasteiger charge is -2.18. The van der Waals surface area contributed by atoms with Gasteiger partial charge in [0, 0.05) is 32.2 Å². The van der Waals surface area contributed by atoms with Gasteiger partial charge in [-0.2, -0.15) is 0 Å². The number of nitrogens with zero attached hydrogens (tertiary/aromatic N) is 3. The molecule has 1 N–H and O–H groups in total. The topological polar surface area (TPSA) is 75.4 Å². The quantitative estimate of drug-likeness (QED) is 0.868. The fourth-order valence-corrected chi connectivity index (χ4v) is 2.04. The number of pyridine rings is 1. The summed E-state index contributed by atoms with van der Waals surface area (Å²) in [5, 5.41) is 8.83. The number of rotatable bonds is 6. The Bertz CT molecular complexity index is 622. The minimum atomic E-state index is -0.973. The average Bonchev–Trinajstić information content (AvgIpc) is 2.92. The highest BCUT2D eigenvalue weighted by molar-refractivity contribution is 5.93. The Morgan fingerprint density at radius 2 is 2.00 bits per heavy atom. The van der Waals surface area contributed by atoms with Gasteiger partial charge in [0.1, 0.15) is 12.2 Å². The predicted molar refractivity (Wildman–Crippen MR) is 77.0 cm³/mol. The van der Waals surface area contributed by atoms with E-state index >= 15 is 0 Å². The standard InChI is InChI=1S/C15H17N3O3/c1-17(10-6-12-4-7-16-8-5-12)15(21)13-3-2-9-18(13)11-14(19)20/h2-5,7-9H,6,10-11H2,1H3,(H,19,20). The van der Waals surface area contributed by atoms with Crippen LogP contribution in [-0.4, -0.2) is 45.0 Å². The van der Waals surface area contributed by atoms with E-state index in [1.165, 1.54) is 4.57 Å². The number of carboxylic acids is 1. The summed E-state index contributed by atoms with van der Waals surface area (Å²) in [5.74, 6) is -1.16. The molecule has 0 aliphatic heterocycles. The van der Waals surface area contributed by atoms with Crippen LogP contribution in [0.1, 0.15) is 16.1 Å². The SMILES string of the molecule is CN(CCc1ccncc1)C(=O)c1cccn1CC(=O)O. The Morgan fingerprint density at radius 1 is 1.29 bits per heavy atom. The van der Waals surface area contributed by atoms with E-state index in [9.17, 15) is 9.59 Å². The number of amides is 1. The van der Waals surface area contributed by atoms with Gasteiger partial charge in [-0.15, -0.1) is 0 Å². The minimum absolute atomic E-state index is 0.185. The summed E-state index contributed by atoms with van der Waals surface area (Å²) < 4.78 is 1.44.